The van der Waals surface area contributed by atoms with Gasteiger partial charge >= 0.3 is 5.97 Å². The quantitative estimate of drug-likeness (QED) is 0.618. The fraction of sp³-hybridized carbons (Fsp3) is 0.294. The van der Waals surface area contributed by atoms with Crippen LogP contribution in [0.1, 0.15) is 23.9 Å². The minimum Gasteiger partial charge on any atom is -0.449 e. The average Bonchev–Trinajstić information content (AvgIpc) is 2.80. The van der Waals surface area contributed by atoms with Gasteiger partial charge in [0, 0.05) is 30.6 Å². The van der Waals surface area contributed by atoms with Crippen LogP contribution < -0.4 is 5.32 Å². The molecule has 2 rings (SSSR count). The molecule has 0 aromatic carbocycles. The number of hydrogen-bond donors (Lipinski definition) is 1. The molecule has 0 aliphatic rings. The third-order valence-corrected chi connectivity index (χ3v) is 4.16. The lowest BCUT2D eigenvalue weighted by atomic mass is 10.2. The number of carbonyl (C=O) groups excluding carboxylic acids is 2. The summed E-state index contributed by atoms with van der Waals surface area (Å²) in [7, 11) is 1.82. The van der Waals surface area contributed by atoms with E-state index in [0.717, 1.165) is 17.0 Å². The van der Waals surface area contributed by atoms with Crippen molar-refractivity contribution in [2.75, 3.05) is 5.32 Å². The van der Waals surface area contributed by atoms with Gasteiger partial charge in [-0.05, 0) is 32.9 Å². The van der Waals surface area contributed by atoms with Gasteiger partial charge in [-0.2, -0.15) is 5.10 Å². The number of nitrogens with one attached hydrogen (secondary N) is 1. The smallest absolute Gasteiger partial charge is 0.331 e. The Bertz CT molecular complexity index is 877. The SMILES string of the molecule is Cc1nn(C)c(C)c1/C=C/C(=O)O[C@@H](C)C(=O)Nc1ncc(Cl)cc1Cl. The second-order valence-corrected chi connectivity index (χ2v) is 6.44. The van der Waals surface area contributed by atoms with Gasteiger partial charge in [-0.25, -0.2) is 9.78 Å². The molecule has 0 saturated heterocycles. The minimum atomic E-state index is -1.03. The molecule has 0 radical (unpaired) electrons. The Morgan fingerprint density at radius 2 is 2.04 bits per heavy atom. The van der Waals surface area contributed by atoms with Crippen molar-refractivity contribution in [2.24, 2.45) is 7.05 Å². The number of pyridine rings is 1. The number of ether oxygens (including phenoxy) is 1. The van der Waals surface area contributed by atoms with Crippen molar-refractivity contribution in [1.29, 1.82) is 0 Å². The van der Waals surface area contributed by atoms with Crippen LogP contribution >= 0.6 is 23.2 Å². The van der Waals surface area contributed by atoms with E-state index in [1.54, 1.807) is 10.8 Å². The van der Waals surface area contributed by atoms with Gasteiger partial charge in [0.1, 0.15) is 0 Å². The van der Waals surface area contributed by atoms with Crippen molar-refractivity contribution in [3.8, 4) is 0 Å². The molecule has 7 nitrogen and oxygen atoms in total. The molecule has 0 bridgehead atoms. The number of hydrogen-bond acceptors (Lipinski definition) is 5. The van der Waals surface area contributed by atoms with Crippen LogP contribution in [0.25, 0.3) is 6.08 Å². The zero-order valence-corrected chi connectivity index (χ0v) is 16.2. The molecule has 0 spiro atoms. The maximum atomic E-state index is 12.1. The average molecular weight is 397 g/mol. The summed E-state index contributed by atoms with van der Waals surface area (Å²) in [6, 6.07) is 1.45. The maximum absolute atomic E-state index is 12.1. The Kier molecular flexibility index (Phi) is 6.39. The summed E-state index contributed by atoms with van der Waals surface area (Å²) < 4.78 is 6.82. The van der Waals surface area contributed by atoms with Crippen LogP contribution in [0.2, 0.25) is 10.0 Å². The molecule has 1 N–H and O–H groups in total. The summed E-state index contributed by atoms with van der Waals surface area (Å²) in [5.74, 6) is -1.07. The number of anilines is 1. The van der Waals surface area contributed by atoms with Gasteiger partial charge < -0.3 is 10.1 Å². The second kappa shape index (κ2) is 8.33. The molecular formula is C17H18Cl2N4O3. The van der Waals surface area contributed by atoms with E-state index in [1.165, 1.54) is 25.3 Å². The maximum Gasteiger partial charge on any atom is 0.331 e. The Labute approximate surface area is 161 Å². The fourth-order valence-electron chi connectivity index (χ4n) is 2.17. The van der Waals surface area contributed by atoms with Crippen LogP contribution in [0.4, 0.5) is 5.82 Å². The molecule has 0 fully saturated rings. The molecule has 26 heavy (non-hydrogen) atoms. The van der Waals surface area contributed by atoms with Gasteiger partial charge in [0.25, 0.3) is 5.91 Å². The van der Waals surface area contributed by atoms with E-state index in [-0.39, 0.29) is 10.8 Å². The molecule has 0 saturated carbocycles. The van der Waals surface area contributed by atoms with Gasteiger partial charge in [0.15, 0.2) is 11.9 Å². The molecule has 9 heteroatoms. The van der Waals surface area contributed by atoms with Gasteiger partial charge in [0.05, 0.1) is 15.7 Å². The third kappa shape index (κ3) is 4.83. The van der Waals surface area contributed by atoms with Crippen molar-refractivity contribution in [3.05, 3.63) is 45.3 Å². The largest absolute Gasteiger partial charge is 0.449 e. The van der Waals surface area contributed by atoms with Gasteiger partial charge in [-0.15, -0.1) is 0 Å². The molecule has 0 aliphatic heterocycles. The highest BCUT2D eigenvalue weighted by molar-refractivity contribution is 6.36. The summed E-state index contributed by atoms with van der Waals surface area (Å²) in [6.07, 6.45) is 3.19. The summed E-state index contributed by atoms with van der Waals surface area (Å²) in [4.78, 5) is 28.0. The highest BCUT2D eigenvalue weighted by atomic mass is 35.5. The van der Waals surface area contributed by atoms with Crippen molar-refractivity contribution in [2.45, 2.75) is 26.9 Å². The zero-order valence-electron chi connectivity index (χ0n) is 14.7. The fourth-order valence-corrected chi connectivity index (χ4v) is 2.60. The first-order chi connectivity index (χ1) is 12.2. The van der Waals surface area contributed by atoms with E-state index < -0.39 is 18.0 Å². The molecule has 2 aromatic heterocycles. The number of halogens is 2. The summed E-state index contributed by atoms with van der Waals surface area (Å²) in [5, 5.41) is 7.27. The summed E-state index contributed by atoms with van der Waals surface area (Å²) in [5.41, 5.74) is 2.54. The van der Waals surface area contributed by atoms with Crippen LogP contribution in [0.15, 0.2) is 18.3 Å². The van der Waals surface area contributed by atoms with Crippen molar-refractivity contribution >= 4 is 47.0 Å². The molecular weight excluding hydrogens is 379 g/mol. The second-order valence-electron chi connectivity index (χ2n) is 5.59. The van der Waals surface area contributed by atoms with Crippen molar-refractivity contribution in [3.63, 3.8) is 0 Å². The number of aromatic nitrogens is 3. The van der Waals surface area contributed by atoms with E-state index in [0.29, 0.717) is 5.02 Å². The number of aryl methyl sites for hydroxylation is 2. The Balaban J connectivity index is 1.97. The predicted octanol–water partition coefficient (Wildman–Crippen LogP) is 3.32. The Hall–Kier alpha value is -2.38. The first-order valence-corrected chi connectivity index (χ1v) is 8.45. The van der Waals surface area contributed by atoms with Crippen LogP contribution in [0.5, 0.6) is 0 Å². The topological polar surface area (TPSA) is 86.1 Å². The first-order valence-electron chi connectivity index (χ1n) is 7.70. The minimum absolute atomic E-state index is 0.140. The molecule has 0 unspecified atom stereocenters. The van der Waals surface area contributed by atoms with Crippen LogP contribution in [0.3, 0.4) is 0 Å². The molecule has 1 amide bonds. The monoisotopic (exact) mass is 396 g/mol. The molecule has 0 aliphatic carbocycles. The summed E-state index contributed by atoms with van der Waals surface area (Å²) >= 11 is 11.7. The van der Waals surface area contributed by atoms with Gasteiger partial charge in [0.2, 0.25) is 0 Å². The lowest BCUT2D eigenvalue weighted by molar-refractivity contribution is -0.148. The summed E-state index contributed by atoms with van der Waals surface area (Å²) in [6.45, 7) is 5.19. The molecule has 2 aromatic rings. The number of nitrogens with zero attached hydrogens (tertiary/aromatic N) is 3. The van der Waals surface area contributed by atoms with Crippen LogP contribution in [0, 0.1) is 13.8 Å². The van der Waals surface area contributed by atoms with E-state index >= 15 is 0 Å². The standard InChI is InChI=1S/C17H18Cl2N4O3/c1-9-13(10(2)23(4)22-9)5-6-15(24)26-11(3)17(25)21-16-14(19)7-12(18)8-20-16/h5-8,11H,1-4H3,(H,20,21,25)/b6-5+/t11-/m0/s1. The van der Waals surface area contributed by atoms with E-state index in [4.69, 9.17) is 27.9 Å². The molecule has 1 atom stereocenters. The zero-order chi connectivity index (χ0) is 19.4. The van der Waals surface area contributed by atoms with Gasteiger partial charge in [-0.1, -0.05) is 23.2 Å². The van der Waals surface area contributed by atoms with E-state index in [1.807, 2.05) is 20.9 Å². The van der Waals surface area contributed by atoms with Crippen LogP contribution in [-0.4, -0.2) is 32.7 Å². The van der Waals surface area contributed by atoms with Crippen LogP contribution in [-0.2, 0) is 21.4 Å². The Morgan fingerprint density at radius 3 is 2.62 bits per heavy atom. The van der Waals surface area contributed by atoms with Crippen molar-refractivity contribution in [1.82, 2.24) is 14.8 Å². The van der Waals surface area contributed by atoms with E-state index in [9.17, 15) is 9.59 Å². The Morgan fingerprint density at radius 1 is 1.35 bits per heavy atom. The van der Waals surface area contributed by atoms with Crippen molar-refractivity contribution < 1.29 is 14.3 Å². The highest BCUT2D eigenvalue weighted by Crippen LogP contribution is 2.22. The number of carbonyl (C=O) groups is 2. The normalized spacial score (nSPS) is 12.2. The third-order valence-electron chi connectivity index (χ3n) is 3.66. The number of rotatable bonds is 5. The lowest BCUT2D eigenvalue weighted by Crippen LogP contribution is -2.29. The predicted molar refractivity (Wildman–Crippen MR) is 100 cm³/mol. The van der Waals surface area contributed by atoms with Gasteiger partial charge in [-0.3, -0.25) is 9.48 Å². The number of esters is 1. The lowest BCUT2D eigenvalue weighted by Gasteiger charge is -2.12. The number of amides is 1. The molecule has 138 valence electrons. The molecule has 2 heterocycles. The van der Waals surface area contributed by atoms with E-state index in [2.05, 4.69) is 15.4 Å². The first kappa shape index (κ1) is 19.9. The highest BCUT2D eigenvalue weighted by Gasteiger charge is 2.18.